The second-order valence-corrected chi connectivity index (χ2v) is 5.84. The average Bonchev–Trinajstić information content (AvgIpc) is 2.54. The lowest BCUT2D eigenvalue weighted by molar-refractivity contribution is -0.378. The molecule has 2 N–H and O–H groups in total. The van der Waals surface area contributed by atoms with E-state index in [4.69, 9.17) is 4.74 Å². The van der Waals surface area contributed by atoms with Gasteiger partial charge in [-0.05, 0) is 26.3 Å². The smallest absolute Gasteiger partial charge is 0.336 e. The standard InChI is InChI=1S/C18H20N2O3/c1-3-23-18(22)15-11(2)20-13-7-4-8-14(21)17(13)16(15)12-6-5-9-19-10-12/h5-7,9-10,16-17,20H,3-4,8H2,1-2H3/p+1. The van der Waals surface area contributed by atoms with Gasteiger partial charge in [0.25, 0.3) is 0 Å². The molecule has 0 saturated carbocycles. The van der Waals surface area contributed by atoms with Gasteiger partial charge < -0.3 is 10.1 Å². The molecule has 2 heterocycles. The summed E-state index contributed by atoms with van der Waals surface area (Å²) in [6.45, 7) is 3.96. The number of aromatic amines is 1. The Labute approximate surface area is 135 Å². The first kappa shape index (κ1) is 15.5. The molecule has 0 radical (unpaired) electrons. The fraction of sp³-hybridized carbons (Fsp3) is 0.389. The summed E-state index contributed by atoms with van der Waals surface area (Å²) in [5.41, 5.74) is 3.13. The maximum Gasteiger partial charge on any atom is 0.336 e. The van der Waals surface area contributed by atoms with E-state index in [1.165, 1.54) is 0 Å². The largest absolute Gasteiger partial charge is 0.463 e. The van der Waals surface area contributed by atoms with Crippen LogP contribution in [0.1, 0.15) is 38.2 Å². The van der Waals surface area contributed by atoms with Crippen LogP contribution in [-0.4, -0.2) is 18.4 Å². The first-order chi connectivity index (χ1) is 11.1. The lowest BCUT2D eigenvalue weighted by atomic mass is 9.71. The van der Waals surface area contributed by atoms with E-state index in [2.05, 4.69) is 16.4 Å². The minimum Gasteiger partial charge on any atom is -0.463 e. The number of ketones is 1. The summed E-state index contributed by atoms with van der Waals surface area (Å²) in [4.78, 5) is 28.1. The highest BCUT2D eigenvalue weighted by Gasteiger charge is 2.43. The van der Waals surface area contributed by atoms with Gasteiger partial charge in [-0.3, -0.25) is 4.79 Å². The highest BCUT2D eigenvalue weighted by molar-refractivity contribution is 5.96. The first-order valence-electron chi connectivity index (χ1n) is 7.97. The van der Waals surface area contributed by atoms with Crippen LogP contribution in [-0.2, 0) is 14.3 Å². The van der Waals surface area contributed by atoms with Crippen molar-refractivity contribution in [1.29, 1.82) is 0 Å². The number of hydrogen-bond acceptors (Lipinski definition) is 4. The number of Topliss-reactive ketones (excluding diaryl/α,β-unsaturated/α-hetero) is 1. The van der Waals surface area contributed by atoms with Crippen LogP contribution in [0.25, 0.3) is 0 Å². The topological polar surface area (TPSA) is 69.5 Å². The Kier molecular flexibility index (Phi) is 4.28. The van der Waals surface area contributed by atoms with Gasteiger partial charge in [-0.2, -0.15) is 0 Å². The zero-order valence-electron chi connectivity index (χ0n) is 13.4. The SMILES string of the molecule is CCOC(=O)C1=C(C)NC2=CCCC(=O)C2C1c1ccc[nH+]c1. The van der Waals surface area contributed by atoms with Crippen LogP contribution in [0.5, 0.6) is 0 Å². The molecule has 5 nitrogen and oxygen atoms in total. The normalized spacial score (nSPS) is 23.7. The van der Waals surface area contributed by atoms with Crippen molar-refractivity contribution in [2.45, 2.75) is 32.6 Å². The Bertz CT molecular complexity index is 691. The lowest BCUT2D eigenvalue weighted by Gasteiger charge is -2.37. The van der Waals surface area contributed by atoms with E-state index >= 15 is 0 Å². The molecular formula is C18H21N2O3+. The zero-order valence-corrected chi connectivity index (χ0v) is 13.4. The molecule has 1 aliphatic carbocycles. The van der Waals surface area contributed by atoms with Crippen LogP contribution in [0, 0.1) is 5.92 Å². The summed E-state index contributed by atoms with van der Waals surface area (Å²) in [7, 11) is 0. The van der Waals surface area contributed by atoms with Crippen LogP contribution < -0.4 is 10.3 Å². The van der Waals surface area contributed by atoms with E-state index in [9.17, 15) is 9.59 Å². The molecule has 1 aliphatic heterocycles. The minimum atomic E-state index is -0.358. The Morgan fingerprint density at radius 2 is 2.26 bits per heavy atom. The highest BCUT2D eigenvalue weighted by Crippen LogP contribution is 2.43. The maximum atomic E-state index is 12.6. The Balaban J connectivity index is 2.14. The number of fused-ring (bicyclic) bond motifs is 1. The number of carbonyl (C=O) groups is 2. The minimum absolute atomic E-state index is 0.165. The number of hydrogen-bond donors (Lipinski definition) is 1. The molecule has 0 saturated heterocycles. The maximum absolute atomic E-state index is 12.6. The zero-order chi connectivity index (χ0) is 16.4. The van der Waals surface area contributed by atoms with Crippen molar-refractivity contribution in [3.05, 3.63) is 53.1 Å². The number of rotatable bonds is 3. The van der Waals surface area contributed by atoms with E-state index in [1.54, 1.807) is 6.92 Å². The van der Waals surface area contributed by atoms with Crippen LogP contribution in [0.2, 0.25) is 0 Å². The van der Waals surface area contributed by atoms with Crippen molar-refractivity contribution in [2.75, 3.05) is 6.61 Å². The summed E-state index contributed by atoms with van der Waals surface area (Å²) in [6, 6.07) is 3.82. The highest BCUT2D eigenvalue weighted by atomic mass is 16.5. The second-order valence-electron chi connectivity index (χ2n) is 5.84. The number of aromatic nitrogens is 1. The third-order valence-electron chi connectivity index (χ3n) is 4.40. The molecule has 1 aromatic rings. The van der Waals surface area contributed by atoms with Crippen LogP contribution in [0.15, 0.2) is 47.6 Å². The van der Waals surface area contributed by atoms with Crippen molar-refractivity contribution < 1.29 is 19.3 Å². The van der Waals surface area contributed by atoms with E-state index < -0.39 is 0 Å². The van der Waals surface area contributed by atoms with Crippen LogP contribution >= 0.6 is 0 Å². The van der Waals surface area contributed by atoms with Crippen molar-refractivity contribution >= 4 is 11.8 Å². The van der Waals surface area contributed by atoms with Crippen molar-refractivity contribution in [2.24, 2.45) is 5.92 Å². The summed E-state index contributed by atoms with van der Waals surface area (Å²) in [6.07, 6.45) is 6.98. The molecular weight excluding hydrogens is 292 g/mol. The fourth-order valence-electron chi connectivity index (χ4n) is 3.45. The first-order valence-corrected chi connectivity index (χ1v) is 7.97. The number of pyridine rings is 1. The predicted molar refractivity (Wildman–Crippen MR) is 84.0 cm³/mol. The van der Waals surface area contributed by atoms with Gasteiger partial charge in [0, 0.05) is 35.4 Å². The van der Waals surface area contributed by atoms with Crippen LogP contribution in [0.4, 0.5) is 0 Å². The molecule has 2 atom stereocenters. The van der Waals surface area contributed by atoms with Gasteiger partial charge in [-0.25, -0.2) is 9.78 Å². The van der Waals surface area contributed by atoms with E-state index in [1.807, 2.05) is 31.5 Å². The molecule has 0 fully saturated rings. The number of H-pyrrole nitrogens is 1. The number of allylic oxidation sites excluding steroid dienone is 3. The molecule has 2 unspecified atom stereocenters. The predicted octanol–water partition coefficient (Wildman–Crippen LogP) is 1.89. The molecule has 0 spiro atoms. The Morgan fingerprint density at radius 1 is 1.43 bits per heavy atom. The molecule has 120 valence electrons. The number of esters is 1. The van der Waals surface area contributed by atoms with Crippen molar-refractivity contribution in [3.63, 3.8) is 0 Å². The Morgan fingerprint density at radius 3 is 2.96 bits per heavy atom. The monoisotopic (exact) mass is 313 g/mol. The van der Waals surface area contributed by atoms with Gasteiger partial charge in [-0.1, -0.05) is 6.08 Å². The third-order valence-corrected chi connectivity index (χ3v) is 4.40. The van der Waals surface area contributed by atoms with Gasteiger partial charge in [0.15, 0.2) is 12.4 Å². The van der Waals surface area contributed by atoms with Gasteiger partial charge in [-0.15, -0.1) is 0 Å². The molecule has 0 bridgehead atoms. The summed E-state index contributed by atoms with van der Waals surface area (Å²) in [5, 5.41) is 3.25. The van der Waals surface area contributed by atoms with Crippen molar-refractivity contribution in [1.82, 2.24) is 5.32 Å². The molecule has 0 amide bonds. The fourth-order valence-corrected chi connectivity index (χ4v) is 3.45. The molecule has 23 heavy (non-hydrogen) atoms. The summed E-state index contributed by atoms with van der Waals surface area (Å²) < 4.78 is 5.24. The van der Waals surface area contributed by atoms with Gasteiger partial charge in [0.1, 0.15) is 5.78 Å². The summed E-state index contributed by atoms with van der Waals surface area (Å²) >= 11 is 0. The lowest BCUT2D eigenvalue weighted by Crippen LogP contribution is -2.41. The molecule has 0 aromatic carbocycles. The Hall–Kier alpha value is -2.43. The van der Waals surface area contributed by atoms with Crippen LogP contribution in [0.3, 0.4) is 0 Å². The third kappa shape index (κ3) is 2.79. The van der Waals surface area contributed by atoms with E-state index in [0.29, 0.717) is 18.6 Å². The molecule has 3 rings (SSSR count). The molecule has 5 heteroatoms. The van der Waals surface area contributed by atoms with Crippen molar-refractivity contribution in [3.8, 4) is 0 Å². The number of nitrogens with one attached hydrogen (secondary N) is 2. The van der Waals surface area contributed by atoms with Gasteiger partial charge in [0.05, 0.1) is 18.1 Å². The van der Waals surface area contributed by atoms with Gasteiger partial charge >= 0.3 is 5.97 Å². The molecule has 2 aliphatic rings. The van der Waals surface area contributed by atoms with E-state index in [0.717, 1.165) is 23.4 Å². The number of carbonyl (C=O) groups excluding carboxylic acids is 2. The van der Waals surface area contributed by atoms with Gasteiger partial charge in [0.2, 0.25) is 0 Å². The number of ether oxygens (including phenoxy) is 1. The average molecular weight is 313 g/mol. The second kappa shape index (κ2) is 6.36. The quantitative estimate of drug-likeness (QED) is 0.865. The van der Waals surface area contributed by atoms with E-state index in [-0.39, 0.29) is 23.6 Å². The summed E-state index contributed by atoms with van der Waals surface area (Å²) in [5.74, 6) is -0.851. The molecule has 1 aromatic heterocycles.